The Morgan fingerprint density at radius 1 is 0.364 bits per heavy atom. The molecule has 4 heterocycles. The molecular weight excluding hydrogens is 689 g/mol. The van der Waals surface area contributed by atoms with Crippen molar-refractivity contribution in [2.24, 2.45) is 0 Å². The van der Waals surface area contributed by atoms with Crippen LogP contribution in [0, 0.1) is 0 Å². The number of hydrogen-bond acceptors (Lipinski definition) is 7. The van der Waals surface area contributed by atoms with Gasteiger partial charge in [0, 0.05) is 12.0 Å². The molecule has 0 radical (unpaired) electrons. The fourth-order valence-electron chi connectivity index (χ4n) is 6.08. The SMILES string of the molecule is C.CC(C)(C)c1ccc2c(c1)CCO2.CC(C)(C)c1ccc2c(c1)COCO2.CC(C)(C)c1ccc2c(c1)OCCO2.CC(C)(C)c1ccc2c(c1)OCO2. The molecule has 0 fully saturated rings. The van der Waals surface area contributed by atoms with E-state index in [1.807, 2.05) is 18.2 Å². The third-order valence-electron chi connectivity index (χ3n) is 9.68. The maximum atomic E-state index is 5.53. The lowest BCUT2D eigenvalue weighted by Gasteiger charge is -2.23. The van der Waals surface area contributed by atoms with Gasteiger partial charge in [0.1, 0.15) is 24.7 Å². The van der Waals surface area contributed by atoms with Crippen LogP contribution in [0.5, 0.6) is 34.5 Å². The summed E-state index contributed by atoms with van der Waals surface area (Å²) in [7, 11) is 0. The van der Waals surface area contributed by atoms with Crippen molar-refractivity contribution in [3.05, 3.63) is 106 Å². The first-order valence-electron chi connectivity index (χ1n) is 19.2. The molecule has 4 aromatic rings. The molecule has 0 saturated heterocycles. The molecule has 0 bridgehead atoms. The molecule has 4 aliphatic heterocycles. The van der Waals surface area contributed by atoms with E-state index in [1.165, 1.54) is 27.8 Å². The van der Waals surface area contributed by atoms with Gasteiger partial charge in [-0.15, -0.1) is 0 Å². The Hall–Kier alpha value is -4.36. The van der Waals surface area contributed by atoms with Gasteiger partial charge in [0.15, 0.2) is 29.8 Å². The number of rotatable bonds is 0. The van der Waals surface area contributed by atoms with Crippen LogP contribution in [0.4, 0.5) is 0 Å². The average Bonchev–Trinajstić information content (AvgIpc) is 3.80. The van der Waals surface area contributed by atoms with Crippen LogP contribution in [0.2, 0.25) is 0 Å². The minimum atomic E-state index is 0. The molecule has 0 saturated carbocycles. The molecule has 55 heavy (non-hydrogen) atoms. The first-order chi connectivity index (χ1) is 25.3. The highest BCUT2D eigenvalue weighted by Gasteiger charge is 2.22. The van der Waals surface area contributed by atoms with Crippen LogP contribution in [-0.2, 0) is 39.4 Å². The predicted octanol–water partition coefficient (Wildman–Crippen LogP) is 11.9. The fraction of sp³-hybridized carbons (Fsp3) is 0.500. The minimum absolute atomic E-state index is 0. The van der Waals surface area contributed by atoms with Gasteiger partial charge in [0.05, 0.1) is 13.2 Å². The maximum Gasteiger partial charge on any atom is 0.231 e. The van der Waals surface area contributed by atoms with Crippen LogP contribution in [-0.4, -0.2) is 33.4 Å². The average molecular weight is 755 g/mol. The highest BCUT2D eigenvalue weighted by atomic mass is 16.7. The molecule has 0 aliphatic carbocycles. The summed E-state index contributed by atoms with van der Waals surface area (Å²) in [6.07, 6.45) is 1.07. The van der Waals surface area contributed by atoms with Crippen LogP contribution in [0.15, 0.2) is 72.8 Å². The summed E-state index contributed by atoms with van der Waals surface area (Å²) in [4.78, 5) is 0. The Kier molecular flexibility index (Phi) is 13.9. The quantitative estimate of drug-likeness (QED) is 0.177. The number of benzene rings is 4. The van der Waals surface area contributed by atoms with Gasteiger partial charge >= 0.3 is 0 Å². The zero-order valence-corrected chi connectivity index (χ0v) is 34.7. The monoisotopic (exact) mass is 754 g/mol. The van der Waals surface area contributed by atoms with E-state index in [0.717, 1.165) is 53.1 Å². The molecule has 8 rings (SSSR count). The second-order valence-electron chi connectivity index (χ2n) is 18.3. The van der Waals surface area contributed by atoms with Gasteiger partial charge in [-0.1, -0.05) is 121 Å². The van der Waals surface area contributed by atoms with E-state index >= 15 is 0 Å². The van der Waals surface area contributed by atoms with E-state index in [2.05, 4.69) is 138 Å². The molecule has 7 nitrogen and oxygen atoms in total. The summed E-state index contributed by atoms with van der Waals surface area (Å²) in [6, 6.07) is 25.2. The Balaban J connectivity index is 0.000000162. The van der Waals surface area contributed by atoms with Crippen molar-refractivity contribution in [3.63, 3.8) is 0 Å². The normalized spacial score (nSPS) is 15.1. The van der Waals surface area contributed by atoms with E-state index in [9.17, 15) is 0 Å². The van der Waals surface area contributed by atoms with Crippen LogP contribution < -0.4 is 28.4 Å². The summed E-state index contributed by atoms with van der Waals surface area (Å²) >= 11 is 0. The molecular formula is C48H66O7. The summed E-state index contributed by atoms with van der Waals surface area (Å²) in [5.41, 5.74) is 8.57. The predicted molar refractivity (Wildman–Crippen MR) is 224 cm³/mol. The van der Waals surface area contributed by atoms with Crippen molar-refractivity contribution in [3.8, 4) is 34.5 Å². The lowest BCUT2D eigenvalue weighted by Crippen LogP contribution is -2.17. The summed E-state index contributed by atoms with van der Waals surface area (Å²) in [5.74, 6) is 5.51. The summed E-state index contributed by atoms with van der Waals surface area (Å²) in [5, 5.41) is 0. The third kappa shape index (κ3) is 11.8. The third-order valence-corrected chi connectivity index (χ3v) is 9.68. The fourth-order valence-corrected chi connectivity index (χ4v) is 6.08. The maximum absolute atomic E-state index is 5.53. The van der Waals surface area contributed by atoms with E-state index < -0.39 is 0 Å². The Bertz CT molecular complexity index is 1730. The zero-order chi connectivity index (χ0) is 39.3. The second-order valence-corrected chi connectivity index (χ2v) is 18.3. The van der Waals surface area contributed by atoms with E-state index in [-0.39, 0.29) is 29.1 Å². The van der Waals surface area contributed by atoms with Gasteiger partial charge in [-0.05, 0) is 91.9 Å². The van der Waals surface area contributed by atoms with E-state index in [4.69, 9.17) is 33.2 Å². The highest BCUT2D eigenvalue weighted by Crippen LogP contribution is 2.37. The van der Waals surface area contributed by atoms with Gasteiger partial charge in [0.25, 0.3) is 0 Å². The first-order valence-corrected chi connectivity index (χ1v) is 19.2. The molecule has 4 aromatic carbocycles. The van der Waals surface area contributed by atoms with Crippen molar-refractivity contribution < 1.29 is 33.2 Å². The Morgan fingerprint density at radius 3 is 1.25 bits per heavy atom. The minimum Gasteiger partial charge on any atom is -0.493 e. The van der Waals surface area contributed by atoms with Gasteiger partial charge in [-0.2, -0.15) is 0 Å². The smallest absolute Gasteiger partial charge is 0.231 e. The van der Waals surface area contributed by atoms with Crippen molar-refractivity contribution in [1.82, 2.24) is 0 Å². The molecule has 0 atom stereocenters. The van der Waals surface area contributed by atoms with Crippen LogP contribution in [0.3, 0.4) is 0 Å². The highest BCUT2D eigenvalue weighted by molar-refractivity contribution is 5.47. The van der Waals surface area contributed by atoms with Gasteiger partial charge in [-0.3, -0.25) is 0 Å². The van der Waals surface area contributed by atoms with Gasteiger partial charge in [-0.25, -0.2) is 0 Å². The van der Waals surface area contributed by atoms with Crippen LogP contribution >= 0.6 is 0 Å². The molecule has 0 N–H and O–H groups in total. The molecule has 0 spiro atoms. The molecule has 7 heteroatoms. The van der Waals surface area contributed by atoms with E-state index in [1.54, 1.807) is 0 Å². The van der Waals surface area contributed by atoms with E-state index in [0.29, 0.717) is 33.4 Å². The zero-order valence-electron chi connectivity index (χ0n) is 34.7. The largest absolute Gasteiger partial charge is 0.493 e. The molecule has 4 aliphatic rings. The van der Waals surface area contributed by atoms with Crippen molar-refractivity contribution >= 4 is 0 Å². The molecule has 300 valence electrons. The van der Waals surface area contributed by atoms with Gasteiger partial charge in [0.2, 0.25) is 6.79 Å². The van der Waals surface area contributed by atoms with Crippen molar-refractivity contribution in [1.29, 1.82) is 0 Å². The second kappa shape index (κ2) is 17.6. The first kappa shape index (κ1) is 43.4. The van der Waals surface area contributed by atoms with Crippen LogP contribution in [0.25, 0.3) is 0 Å². The Labute approximate surface area is 331 Å². The lowest BCUT2D eigenvalue weighted by molar-refractivity contribution is -0.0164. The van der Waals surface area contributed by atoms with Crippen LogP contribution in [0.1, 0.15) is 124 Å². The van der Waals surface area contributed by atoms with Crippen molar-refractivity contribution in [2.45, 2.75) is 125 Å². The standard InChI is InChI=1S/2C12H16O2.C12H16O.C11H14O2.CH4/c1-12(2,3)10-4-5-11-9(6-10)7-13-8-14-11;1-12(2,3)9-4-5-10-11(8-9)14-7-6-13-10;1-12(2,3)10-4-5-11-9(8-10)6-7-13-11;1-11(2,3)8-4-5-9-10(6-8)13-7-12-9;/h4-6H,7-8H2,1-3H3;4-5,8H,6-7H2,1-3H3;4-5,8H,6-7H2,1-3H3;4-6H,7H2,1-3H3;1H4. The number of hydrogen-bond donors (Lipinski definition) is 0. The van der Waals surface area contributed by atoms with Crippen molar-refractivity contribution in [2.75, 3.05) is 33.4 Å². The number of ether oxygens (including phenoxy) is 7. The molecule has 0 aromatic heterocycles. The van der Waals surface area contributed by atoms with Gasteiger partial charge < -0.3 is 33.2 Å². The summed E-state index contributed by atoms with van der Waals surface area (Å²) < 4.78 is 37.6. The Morgan fingerprint density at radius 2 is 0.727 bits per heavy atom. The lowest BCUT2D eigenvalue weighted by atomic mass is 9.86. The molecule has 0 unspecified atom stereocenters. The summed E-state index contributed by atoms with van der Waals surface area (Å²) in [6.45, 7) is 30.0. The molecule has 0 amide bonds. The topological polar surface area (TPSA) is 64.6 Å². The number of fused-ring (bicyclic) bond motifs is 4.